The first-order chi connectivity index (χ1) is 42.8. The fraction of sp³-hybridized carbons (Fsp3) is 0.935. The number of ether oxygens (including phenoxy) is 10. The van der Waals surface area contributed by atoms with Crippen molar-refractivity contribution >= 4 is 105 Å². The number of carbonyl (C=O) groups is 2. The summed E-state index contributed by atoms with van der Waals surface area (Å²) in [5, 5.41) is 81.1. The van der Waals surface area contributed by atoms with E-state index in [2.05, 4.69) is 25.1 Å². The Balaban J connectivity index is -0.00000178. The van der Waals surface area contributed by atoms with Crippen molar-refractivity contribution in [3.8, 4) is 0 Å². The van der Waals surface area contributed by atoms with Crippen LogP contribution in [0.5, 0.6) is 0 Å². The van der Waals surface area contributed by atoms with Crippen LogP contribution >= 0.6 is 0 Å². The topological polar surface area (TPSA) is 880 Å². The molecular weight excluding hydrogens is 1790 g/mol. The van der Waals surface area contributed by atoms with Crippen LogP contribution in [0.25, 0.3) is 0 Å². The Bertz CT molecular complexity index is 3820. The van der Waals surface area contributed by atoms with Crippen molar-refractivity contribution in [2.45, 2.75) is 153 Å². The number of carbonyl (C=O) groups excluding carboxylic acids is 2. The SMILES string of the molecule is CO[C@H]1O[C@H](COS(=O)(=O)[O-])[C@@H](O[C@@H]2O[C@@H](C(=O)[O-])[C@@H](O[C@H]3O[C@H](COS(=O)(=O)[O-])[C@@H](O[C@@H]4O[C@H](C(=O)[O-])[C@@H](O[C@H]5O[C@H](COS(=O)(=O)[O-])[C@@H](O)[C@H](O)[C@H]5NS(=O)(=O)[O-])[C@H](O)[C@H]4O)[C@H](OS(=O)(=O)[O-])[C@H]3NS(=O)(=O)[O-])[C@H](O)[C@H]2OS(=O)(=O)[O-])[C@H](OS(=O)(=O)[O-])[C@H]1NS(=O)(=O)[O-].[Na+].[Na+].[Na+].[Na+].[Na+].[Na+].[Na+].[Na+].[Na+].[Na+].[Na+]. The van der Waals surface area contributed by atoms with E-state index in [1.807, 2.05) is 0 Å². The first-order valence-electron chi connectivity index (χ1n) is 24.0. The van der Waals surface area contributed by atoms with E-state index >= 15 is 0 Å². The molecule has 0 aromatic heterocycles. The third-order valence-electron chi connectivity index (χ3n) is 12.6. The van der Waals surface area contributed by atoms with Crippen LogP contribution in [0.2, 0.25) is 0 Å². The molecule has 0 amide bonds. The summed E-state index contributed by atoms with van der Waals surface area (Å²) in [5.74, 6) is -5.69. The number of hydrogen-bond acceptors (Lipinski definition) is 52. The summed E-state index contributed by atoms with van der Waals surface area (Å²) in [6.07, 6.45) is -69.3. The minimum Gasteiger partial charge on any atom is -0.735 e. The third-order valence-corrected chi connectivity index (χ3v) is 16.9. The first-order valence-corrected chi connectivity index (χ1v) is 36.2. The van der Waals surface area contributed by atoms with Gasteiger partial charge in [-0.05, 0) is 0 Å². The molecule has 0 aliphatic carbocycles. The Morgan fingerprint density at radius 1 is 0.321 bits per heavy atom. The summed E-state index contributed by atoms with van der Waals surface area (Å²) in [4.78, 5) is 25.6. The molecule has 0 radical (unpaired) electrons. The van der Waals surface area contributed by atoms with E-state index in [0.717, 1.165) is 14.2 Å². The number of aliphatic carboxylic acids is 2. The molecule has 5 saturated heterocycles. The van der Waals surface area contributed by atoms with Gasteiger partial charge in [0.05, 0.1) is 31.8 Å². The number of carboxylic acid groups (broad SMARTS) is 2. The fourth-order valence-electron chi connectivity index (χ4n) is 9.16. The zero-order valence-corrected chi connectivity index (χ0v) is 85.5. The van der Waals surface area contributed by atoms with Crippen LogP contribution in [0.15, 0.2) is 0 Å². The molecule has 0 aromatic rings. The molecule has 106 heavy (non-hydrogen) atoms. The number of aliphatic hydroxyl groups excluding tert-OH is 5. The molecule has 5 rings (SSSR count). The van der Waals surface area contributed by atoms with Gasteiger partial charge in [0.15, 0.2) is 68.5 Å². The summed E-state index contributed by atoms with van der Waals surface area (Å²) in [5.41, 5.74) is 0. The predicted molar refractivity (Wildman–Crippen MR) is 250 cm³/mol. The van der Waals surface area contributed by atoms with Gasteiger partial charge in [0, 0.05) is 7.11 Å². The van der Waals surface area contributed by atoms with Crippen LogP contribution in [0.1, 0.15) is 0 Å². The molecule has 0 spiro atoms. The number of hydrogen-bond donors (Lipinski definition) is 8. The number of nitrogens with one attached hydrogen (secondary N) is 3. The minimum atomic E-state index is -6.74. The second kappa shape index (κ2) is 52.2. The molecule has 55 nitrogen and oxygen atoms in total. The van der Waals surface area contributed by atoms with E-state index in [0.29, 0.717) is 7.11 Å². The number of methoxy groups -OCH3 is 1. The summed E-state index contributed by atoms with van der Waals surface area (Å²) in [7, 11) is -55.7. The van der Waals surface area contributed by atoms with E-state index in [-0.39, 0.29) is 325 Å². The van der Waals surface area contributed by atoms with Crippen molar-refractivity contribution in [1.29, 1.82) is 0 Å². The van der Waals surface area contributed by atoms with Gasteiger partial charge in [-0.15, -0.1) is 0 Å². The summed E-state index contributed by atoms with van der Waals surface area (Å²) < 4.78 is 401. The van der Waals surface area contributed by atoms with Gasteiger partial charge in [-0.25, -0.2) is 89.9 Å². The Morgan fingerprint density at radius 3 is 0.943 bits per heavy atom. The molecule has 5 heterocycles. The van der Waals surface area contributed by atoms with Gasteiger partial charge in [-0.3, -0.25) is 25.1 Å². The maximum absolute atomic E-state index is 12.9. The second-order valence-electron chi connectivity index (χ2n) is 19.0. The number of aliphatic hydroxyl groups is 5. The van der Waals surface area contributed by atoms with Crippen LogP contribution in [-0.4, -0.2) is 334 Å². The Morgan fingerprint density at radius 2 is 0.604 bits per heavy atom. The summed E-state index contributed by atoms with van der Waals surface area (Å²) >= 11 is 0. The van der Waals surface area contributed by atoms with Crippen LogP contribution in [0.4, 0.5) is 0 Å². The first kappa shape index (κ1) is 127. The number of carboxylic acids is 2. The molecule has 75 heteroatoms. The van der Waals surface area contributed by atoms with Crippen molar-refractivity contribution in [3.63, 3.8) is 0 Å². The quantitative estimate of drug-likeness (QED) is 0.0176. The van der Waals surface area contributed by atoms with Gasteiger partial charge in [0.1, 0.15) is 116 Å². The zero-order valence-electron chi connectivity index (χ0n) is 56.2. The van der Waals surface area contributed by atoms with Crippen molar-refractivity contribution < 1.29 is 560 Å². The van der Waals surface area contributed by atoms with E-state index in [4.69, 9.17) is 47.4 Å². The van der Waals surface area contributed by atoms with Crippen LogP contribution in [0.3, 0.4) is 0 Å². The zero-order chi connectivity index (χ0) is 72.6. The maximum Gasteiger partial charge on any atom is 1.00 e. The van der Waals surface area contributed by atoms with Crippen molar-refractivity contribution in [1.82, 2.24) is 14.2 Å². The molecule has 0 unspecified atom stereocenters. The van der Waals surface area contributed by atoms with E-state index in [1.165, 1.54) is 0 Å². The van der Waals surface area contributed by atoms with Crippen LogP contribution in [0, 0.1) is 0 Å². The average molecular weight is 1830 g/mol. The maximum atomic E-state index is 12.9. The largest absolute Gasteiger partial charge is 1.00 e. The molecular formula is C31H42N3Na11O52S9. The minimum absolute atomic E-state index is 0. The van der Waals surface area contributed by atoms with Crippen molar-refractivity contribution in [2.24, 2.45) is 0 Å². The normalized spacial score (nSPS) is 33.8. The molecule has 558 valence electrons. The monoisotopic (exact) mass is 1830 g/mol. The molecule has 5 aliphatic rings. The Labute approximate surface area is 844 Å². The average Bonchev–Trinajstić information content (AvgIpc) is 0.760. The fourth-order valence-corrected chi connectivity index (χ4v) is 13.3. The molecule has 0 aromatic carbocycles. The van der Waals surface area contributed by atoms with E-state index in [9.17, 15) is 162 Å². The molecule has 5 fully saturated rings. The molecule has 0 bridgehead atoms. The molecule has 25 atom stereocenters. The van der Waals surface area contributed by atoms with Gasteiger partial charge >= 0.3 is 325 Å². The van der Waals surface area contributed by atoms with Gasteiger partial charge in [-0.1, -0.05) is 0 Å². The van der Waals surface area contributed by atoms with Crippen LogP contribution < -0.4 is 350 Å². The number of rotatable bonds is 32. The van der Waals surface area contributed by atoms with Crippen LogP contribution in [-0.2, 0) is 175 Å². The molecule has 5 aliphatic heterocycles. The van der Waals surface area contributed by atoms with Gasteiger partial charge < -0.3 is 134 Å². The third kappa shape index (κ3) is 41.8. The van der Waals surface area contributed by atoms with E-state index in [1.54, 1.807) is 0 Å². The standard InChI is InChI=1S/C31H53N3O52S9.11Na/c1-71-27-9(33-88(47,48)49)18(84-93(62,63)64)17(6(76-27)3-73-91(56,57)58)79-31-22(86-95(68,69)70)15(39)21(24(83-31)26(42)43)81-29-10(34-89(50,51)52)19(85-94(65,66)67)16(7(77-29)4-74-92(59,60)61)78-30-14(38)13(37)20(23(82-30)25(40)41)80-28-8(32-87(44,45)46)12(36)11(35)5(75-28)2-72-90(53,54)55;;;;;;;;;;;/h5-24,27-39H,2-4H2,1H3,(H,40,41)(H,42,43)(H,44,45,46)(H,47,48,49)(H,50,51,52)(H,53,54,55)(H,56,57,58)(H,59,60,61)(H,62,63,64)(H,65,66,67)(H,68,69,70);;;;;;;;;;;/q;11*+1/p-11/t5-,6-,7-,8-,9-,10-,11-,12-,13-,14-,15+,16-,17-,18-,19-,20+,21+,22-,23+,24-,27+,28-,29-,30-,31-;;;;;;;;;;;/m1.........../s1. The summed E-state index contributed by atoms with van der Waals surface area (Å²) in [6, 6.07) is -9.08. The molecule has 8 N–H and O–H groups in total. The van der Waals surface area contributed by atoms with Crippen molar-refractivity contribution in [2.75, 3.05) is 26.9 Å². The van der Waals surface area contributed by atoms with E-state index < -0.39 is 278 Å². The smallest absolute Gasteiger partial charge is 0.735 e. The Hall–Kier alpha value is 8.17. The molecule has 0 saturated carbocycles. The van der Waals surface area contributed by atoms with Gasteiger partial charge in [0.25, 0.3) is 0 Å². The van der Waals surface area contributed by atoms with Gasteiger partial charge in [0.2, 0.25) is 62.4 Å². The summed E-state index contributed by atoms with van der Waals surface area (Å²) in [6.45, 7) is -5.74. The van der Waals surface area contributed by atoms with Crippen molar-refractivity contribution in [3.05, 3.63) is 0 Å². The predicted octanol–water partition coefficient (Wildman–Crippen LogP) is -52.6. The Kier molecular flexibility index (Phi) is 62.7. The second-order valence-corrected chi connectivity index (χ2v) is 28.6. The van der Waals surface area contributed by atoms with Gasteiger partial charge in [-0.2, -0.15) is 0 Å².